The molecular formula is C17H18FN3O4. The van der Waals surface area contributed by atoms with E-state index in [0.29, 0.717) is 11.4 Å². The number of nitrogens with one attached hydrogen (secondary N) is 2. The van der Waals surface area contributed by atoms with Gasteiger partial charge in [-0.05, 0) is 44.2 Å². The molecule has 0 fully saturated rings. The molecule has 2 rings (SSSR count). The highest BCUT2D eigenvalue weighted by molar-refractivity contribution is 5.97. The molecule has 0 unspecified atom stereocenters. The Morgan fingerprint density at radius 2 is 1.80 bits per heavy atom. The zero-order valence-electron chi connectivity index (χ0n) is 14.1. The number of hydrogen-bond donors (Lipinski definition) is 2. The number of carbonyl (C=O) groups is 3. The van der Waals surface area contributed by atoms with Gasteiger partial charge in [-0.25, -0.2) is 14.0 Å². The summed E-state index contributed by atoms with van der Waals surface area (Å²) in [5.41, 5.74) is 2.34. The predicted octanol–water partition coefficient (Wildman–Crippen LogP) is 1.85. The van der Waals surface area contributed by atoms with E-state index in [0.717, 1.165) is 5.69 Å². The van der Waals surface area contributed by atoms with Crippen molar-refractivity contribution in [2.24, 2.45) is 0 Å². The van der Waals surface area contributed by atoms with Crippen LogP contribution in [0.15, 0.2) is 30.3 Å². The maximum atomic E-state index is 13.1. The zero-order valence-corrected chi connectivity index (χ0v) is 14.1. The Balaban J connectivity index is 2.14. The Kier molecular flexibility index (Phi) is 5.53. The minimum absolute atomic E-state index is 0.287. The minimum Gasteiger partial charge on any atom is -0.452 e. The summed E-state index contributed by atoms with van der Waals surface area (Å²) in [4.78, 5) is 34.7. The largest absolute Gasteiger partial charge is 0.452 e. The van der Waals surface area contributed by atoms with Gasteiger partial charge >= 0.3 is 12.0 Å². The standard InChI is InChI=1S/C17H18FN3O4/c1-10-8-14(16(23)25-9-15(22)20-17(24)19-3)11(2)21(10)13-6-4-12(18)5-7-13/h4-8H,9H2,1-3H3,(H2,19,20,22,24). The Labute approximate surface area is 143 Å². The monoisotopic (exact) mass is 347 g/mol. The number of hydrogen-bond acceptors (Lipinski definition) is 4. The number of halogens is 1. The van der Waals surface area contributed by atoms with Gasteiger partial charge in [0, 0.05) is 24.1 Å². The normalized spacial score (nSPS) is 10.2. The molecule has 0 aliphatic heterocycles. The molecule has 0 aliphatic carbocycles. The second-order valence-corrected chi connectivity index (χ2v) is 5.30. The quantitative estimate of drug-likeness (QED) is 0.826. The number of imide groups is 1. The summed E-state index contributed by atoms with van der Waals surface area (Å²) < 4.78 is 19.8. The summed E-state index contributed by atoms with van der Waals surface area (Å²) in [7, 11) is 1.36. The zero-order chi connectivity index (χ0) is 18.6. The van der Waals surface area contributed by atoms with Crippen LogP contribution in [0.5, 0.6) is 0 Å². The molecule has 1 aromatic heterocycles. The number of aryl methyl sites for hydroxylation is 1. The lowest BCUT2D eigenvalue weighted by Gasteiger charge is -2.10. The topological polar surface area (TPSA) is 89.4 Å². The summed E-state index contributed by atoms with van der Waals surface area (Å²) in [5, 5.41) is 4.21. The van der Waals surface area contributed by atoms with Crippen molar-refractivity contribution in [3.63, 3.8) is 0 Å². The molecule has 0 radical (unpaired) electrons. The number of nitrogens with zero attached hydrogens (tertiary/aromatic N) is 1. The third kappa shape index (κ3) is 4.23. The van der Waals surface area contributed by atoms with Gasteiger partial charge in [0.15, 0.2) is 6.61 Å². The first-order valence-corrected chi connectivity index (χ1v) is 7.47. The molecular weight excluding hydrogens is 329 g/mol. The van der Waals surface area contributed by atoms with Crippen molar-refractivity contribution < 1.29 is 23.5 Å². The number of benzene rings is 1. The number of ether oxygens (including phenoxy) is 1. The van der Waals surface area contributed by atoms with Crippen molar-refractivity contribution in [1.82, 2.24) is 15.2 Å². The van der Waals surface area contributed by atoms with Crippen molar-refractivity contribution >= 4 is 17.9 Å². The van der Waals surface area contributed by atoms with E-state index in [4.69, 9.17) is 4.74 Å². The molecule has 1 aromatic carbocycles. The van der Waals surface area contributed by atoms with E-state index in [-0.39, 0.29) is 11.4 Å². The van der Waals surface area contributed by atoms with Crippen molar-refractivity contribution in [1.29, 1.82) is 0 Å². The van der Waals surface area contributed by atoms with Gasteiger partial charge in [0.1, 0.15) is 5.82 Å². The summed E-state index contributed by atoms with van der Waals surface area (Å²) >= 11 is 0. The van der Waals surface area contributed by atoms with Crippen molar-refractivity contribution in [2.75, 3.05) is 13.7 Å². The SMILES string of the molecule is CNC(=O)NC(=O)COC(=O)c1cc(C)n(-c2ccc(F)cc2)c1C. The van der Waals surface area contributed by atoms with Gasteiger partial charge in [-0.15, -0.1) is 0 Å². The molecule has 0 atom stereocenters. The number of rotatable bonds is 4. The smallest absolute Gasteiger partial charge is 0.340 e. The van der Waals surface area contributed by atoms with Crippen LogP contribution in [0.2, 0.25) is 0 Å². The minimum atomic E-state index is -0.736. The summed E-state index contributed by atoms with van der Waals surface area (Å²) in [6, 6.07) is 6.79. The van der Waals surface area contributed by atoms with E-state index < -0.39 is 24.5 Å². The van der Waals surface area contributed by atoms with Gasteiger partial charge in [0.05, 0.1) is 5.56 Å². The van der Waals surface area contributed by atoms with Gasteiger partial charge in [-0.3, -0.25) is 10.1 Å². The van der Waals surface area contributed by atoms with Crippen LogP contribution >= 0.6 is 0 Å². The lowest BCUT2D eigenvalue weighted by molar-refractivity contribution is -0.123. The average molecular weight is 347 g/mol. The van der Waals surface area contributed by atoms with Gasteiger partial charge in [0.2, 0.25) is 0 Å². The maximum absolute atomic E-state index is 13.1. The first-order valence-electron chi connectivity index (χ1n) is 7.47. The lowest BCUT2D eigenvalue weighted by atomic mass is 10.2. The molecule has 1 heterocycles. The molecule has 0 saturated carbocycles. The molecule has 0 spiro atoms. The van der Waals surface area contributed by atoms with Crippen LogP contribution in [0.25, 0.3) is 5.69 Å². The second kappa shape index (κ2) is 7.61. The first kappa shape index (κ1) is 18.2. The van der Waals surface area contributed by atoms with Crippen LogP contribution in [0.3, 0.4) is 0 Å². The van der Waals surface area contributed by atoms with Gasteiger partial charge in [-0.1, -0.05) is 0 Å². The van der Waals surface area contributed by atoms with Gasteiger partial charge in [-0.2, -0.15) is 0 Å². The van der Waals surface area contributed by atoms with Gasteiger partial charge < -0.3 is 14.6 Å². The summed E-state index contributed by atoms with van der Waals surface area (Å²) in [5.74, 6) is -1.78. The maximum Gasteiger partial charge on any atom is 0.340 e. The Morgan fingerprint density at radius 3 is 2.40 bits per heavy atom. The van der Waals surface area contributed by atoms with Crippen molar-refractivity contribution in [3.8, 4) is 5.69 Å². The lowest BCUT2D eigenvalue weighted by Crippen LogP contribution is -2.39. The van der Waals surface area contributed by atoms with Crippen LogP contribution in [0.1, 0.15) is 21.7 Å². The van der Waals surface area contributed by atoms with E-state index >= 15 is 0 Å². The number of aromatic nitrogens is 1. The Morgan fingerprint density at radius 1 is 1.16 bits per heavy atom. The van der Waals surface area contributed by atoms with Crippen LogP contribution in [0, 0.1) is 19.7 Å². The third-order valence-electron chi connectivity index (χ3n) is 3.55. The molecule has 0 aliphatic rings. The molecule has 25 heavy (non-hydrogen) atoms. The van der Waals surface area contributed by atoms with E-state index in [1.807, 2.05) is 5.32 Å². The Bertz CT molecular complexity index is 812. The van der Waals surface area contributed by atoms with Crippen molar-refractivity contribution in [2.45, 2.75) is 13.8 Å². The summed E-state index contributed by atoms with van der Waals surface area (Å²) in [6.07, 6.45) is 0. The molecule has 8 heteroatoms. The summed E-state index contributed by atoms with van der Waals surface area (Å²) in [6.45, 7) is 2.94. The van der Waals surface area contributed by atoms with E-state index in [9.17, 15) is 18.8 Å². The number of amides is 3. The molecule has 0 saturated heterocycles. The second-order valence-electron chi connectivity index (χ2n) is 5.30. The predicted molar refractivity (Wildman–Crippen MR) is 88.1 cm³/mol. The fraction of sp³-hybridized carbons (Fsp3) is 0.235. The Hall–Kier alpha value is -3.16. The molecule has 132 valence electrons. The first-order chi connectivity index (χ1) is 11.8. The highest BCUT2D eigenvalue weighted by Gasteiger charge is 2.19. The van der Waals surface area contributed by atoms with Crippen molar-refractivity contribution in [3.05, 3.63) is 53.1 Å². The van der Waals surface area contributed by atoms with Gasteiger partial charge in [0.25, 0.3) is 5.91 Å². The molecule has 0 bridgehead atoms. The van der Waals surface area contributed by atoms with E-state index in [1.54, 1.807) is 36.6 Å². The van der Waals surface area contributed by atoms with E-state index in [2.05, 4.69) is 5.32 Å². The average Bonchev–Trinajstić information content (AvgIpc) is 2.88. The van der Waals surface area contributed by atoms with Crippen LogP contribution in [-0.2, 0) is 9.53 Å². The fourth-order valence-electron chi connectivity index (χ4n) is 2.39. The molecule has 3 amide bonds. The number of urea groups is 1. The third-order valence-corrected chi connectivity index (χ3v) is 3.55. The fourth-order valence-corrected chi connectivity index (χ4v) is 2.39. The van der Waals surface area contributed by atoms with Crippen LogP contribution in [0.4, 0.5) is 9.18 Å². The molecule has 7 nitrogen and oxygen atoms in total. The van der Waals surface area contributed by atoms with E-state index in [1.165, 1.54) is 19.2 Å². The van der Waals surface area contributed by atoms with Crippen LogP contribution in [-0.4, -0.2) is 36.1 Å². The van der Waals surface area contributed by atoms with Crippen LogP contribution < -0.4 is 10.6 Å². The highest BCUT2D eigenvalue weighted by Crippen LogP contribution is 2.21. The molecule has 2 N–H and O–H groups in total. The highest BCUT2D eigenvalue weighted by atomic mass is 19.1. The number of carbonyl (C=O) groups excluding carboxylic acids is 3. The molecule has 2 aromatic rings. The number of esters is 1.